The van der Waals surface area contributed by atoms with Gasteiger partial charge in [0.25, 0.3) is 0 Å². The number of nitrogens with zero attached hydrogens (tertiary/aromatic N) is 2. The third-order valence-electron chi connectivity index (χ3n) is 5.24. The molecule has 2 heterocycles. The quantitative estimate of drug-likeness (QED) is 0.362. The first-order valence-electron chi connectivity index (χ1n) is 10.6. The molecule has 0 bridgehead atoms. The second-order valence-electron chi connectivity index (χ2n) is 8.08. The van der Waals surface area contributed by atoms with E-state index < -0.39 is 36.1 Å². The smallest absolute Gasteiger partial charge is 0.356 e. The van der Waals surface area contributed by atoms with Crippen LogP contribution in [0.2, 0.25) is 0 Å². The van der Waals surface area contributed by atoms with Gasteiger partial charge in [-0.05, 0) is 47.9 Å². The van der Waals surface area contributed by atoms with Gasteiger partial charge in [0.1, 0.15) is 18.0 Å². The maximum atomic E-state index is 13.6. The van der Waals surface area contributed by atoms with Gasteiger partial charge in [-0.3, -0.25) is 9.59 Å². The number of halogens is 1. The Balaban J connectivity index is 2.19. The fraction of sp³-hybridized carbons (Fsp3) is 0.280. The van der Waals surface area contributed by atoms with Crippen LogP contribution < -0.4 is 0 Å². The van der Waals surface area contributed by atoms with Crippen molar-refractivity contribution >= 4 is 29.3 Å². The van der Waals surface area contributed by atoms with Crippen LogP contribution in [0.25, 0.3) is 22.9 Å². The van der Waals surface area contributed by atoms with Gasteiger partial charge in [0, 0.05) is 17.5 Å². The van der Waals surface area contributed by atoms with Gasteiger partial charge in [-0.15, -0.1) is 0 Å². The van der Waals surface area contributed by atoms with Crippen molar-refractivity contribution in [2.45, 2.75) is 38.7 Å². The molecule has 2 aromatic heterocycles. The van der Waals surface area contributed by atoms with Crippen molar-refractivity contribution in [2.75, 3.05) is 7.11 Å². The van der Waals surface area contributed by atoms with Crippen LogP contribution in [-0.2, 0) is 14.3 Å². The number of Topliss-reactive ketones (excluding diaryl/α,β-unsaturated/α-hetero) is 1. The molecule has 0 aliphatic rings. The molecule has 0 radical (unpaired) electrons. The summed E-state index contributed by atoms with van der Waals surface area (Å²) in [6.07, 6.45) is 0.790. The lowest BCUT2D eigenvalue weighted by Gasteiger charge is -2.18. The molecule has 34 heavy (non-hydrogen) atoms. The van der Waals surface area contributed by atoms with Crippen LogP contribution in [0.1, 0.15) is 54.2 Å². The molecule has 9 heteroatoms. The Morgan fingerprint density at radius 1 is 1.15 bits per heavy atom. The van der Waals surface area contributed by atoms with Gasteiger partial charge in [0.05, 0.1) is 24.4 Å². The van der Waals surface area contributed by atoms with E-state index in [9.17, 15) is 23.9 Å². The summed E-state index contributed by atoms with van der Waals surface area (Å²) in [5.41, 5.74) is 3.30. The van der Waals surface area contributed by atoms with Crippen LogP contribution in [-0.4, -0.2) is 50.8 Å². The Morgan fingerprint density at radius 2 is 1.82 bits per heavy atom. The van der Waals surface area contributed by atoms with Crippen LogP contribution in [0.5, 0.6) is 0 Å². The Kier molecular flexibility index (Phi) is 7.57. The summed E-state index contributed by atoms with van der Waals surface area (Å²) in [4.78, 5) is 34.8. The molecule has 0 saturated heterocycles. The van der Waals surface area contributed by atoms with E-state index in [2.05, 4.69) is 5.10 Å². The van der Waals surface area contributed by atoms with E-state index in [0.717, 1.165) is 5.56 Å². The summed E-state index contributed by atoms with van der Waals surface area (Å²) in [7, 11) is 1.27. The predicted octanol–water partition coefficient (Wildman–Crippen LogP) is 3.86. The normalized spacial score (nSPS) is 12.4. The average Bonchev–Trinajstić information content (AvgIpc) is 3.19. The molecule has 3 rings (SSSR count). The maximum Gasteiger partial charge on any atom is 0.356 e. The van der Waals surface area contributed by atoms with Gasteiger partial charge in [-0.25, -0.2) is 13.7 Å². The number of carbonyl (C=O) groups excluding carboxylic acids is 2. The highest BCUT2D eigenvalue weighted by molar-refractivity contribution is 5.95. The van der Waals surface area contributed by atoms with Crippen molar-refractivity contribution in [3.8, 4) is 11.3 Å². The largest absolute Gasteiger partial charge is 0.481 e. The number of hydrogen-bond acceptors (Lipinski definition) is 6. The fourth-order valence-corrected chi connectivity index (χ4v) is 3.76. The summed E-state index contributed by atoms with van der Waals surface area (Å²) in [6.45, 7) is 3.91. The van der Waals surface area contributed by atoms with Crippen molar-refractivity contribution < 1.29 is 33.7 Å². The van der Waals surface area contributed by atoms with E-state index in [0.29, 0.717) is 22.3 Å². The molecule has 8 nitrogen and oxygen atoms in total. The molecule has 1 aromatic carbocycles. The number of aromatic nitrogens is 2. The Bertz CT molecular complexity index is 1260. The Hall–Kier alpha value is -3.85. The minimum atomic E-state index is -1.26. The van der Waals surface area contributed by atoms with Crippen molar-refractivity contribution in [3.05, 3.63) is 65.1 Å². The molecule has 178 valence electrons. The lowest BCUT2D eigenvalue weighted by Crippen LogP contribution is -2.14. The zero-order valence-corrected chi connectivity index (χ0v) is 19.0. The lowest BCUT2D eigenvalue weighted by molar-refractivity contribution is -0.140. The SMILES string of the molecule is COC(=O)c1ccc2c(C(C)C)c(C=CC(O)CC(=O)CC(=O)O)c(-c3ccc(F)cc3)nn12. The number of ketones is 1. The zero-order valence-electron chi connectivity index (χ0n) is 19.0. The predicted molar refractivity (Wildman–Crippen MR) is 123 cm³/mol. The van der Waals surface area contributed by atoms with E-state index in [1.165, 1.54) is 29.8 Å². The first-order chi connectivity index (χ1) is 16.1. The van der Waals surface area contributed by atoms with Gasteiger partial charge < -0.3 is 14.9 Å². The van der Waals surface area contributed by atoms with Crippen LogP contribution in [0.3, 0.4) is 0 Å². The molecule has 0 spiro atoms. The third-order valence-corrected chi connectivity index (χ3v) is 5.24. The van der Waals surface area contributed by atoms with Crippen LogP contribution >= 0.6 is 0 Å². The van der Waals surface area contributed by atoms with Crippen molar-refractivity contribution in [2.24, 2.45) is 0 Å². The van der Waals surface area contributed by atoms with Gasteiger partial charge in [-0.1, -0.05) is 26.0 Å². The molecule has 0 amide bonds. The maximum absolute atomic E-state index is 13.6. The first kappa shape index (κ1) is 24.8. The minimum absolute atomic E-state index is 0.0458. The molecular formula is C25H25FN2O6. The monoisotopic (exact) mass is 468 g/mol. The number of hydrogen-bond donors (Lipinski definition) is 2. The molecule has 1 unspecified atom stereocenters. The summed E-state index contributed by atoms with van der Waals surface area (Å²) in [5, 5.41) is 23.7. The van der Waals surface area contributed by atoms with E-state index in [4.69, 9.17) is 9.84 Å². The zero-order chi connectivity index (χ0) is 25.0. The lowest BCUT2D eigenvalue weighted by atomic mass is 9.93. The van der Waals surface area contributed by atoms with Crippen molar-refractivity contribution in [3.63, 3.8) is 0 Å². The molecule has 0 aliphatic heterocycles. The number of ether oxygens (including phenoxy) is 1. The number of fused-ring (bicyclic) bond motifs is 1. The number of methoxy groups -OCH3 is 1. The molecule has 1 atom stereocenters. The molecule has 3 aromatic rings. The second-order valence-corrected chi connectivity index (χ2v) is 8.08. The number of carbonyl (C=O) groups is 3. The van der Waals surface area contributed by atoms with Crippen molar-refractivity contribution in [1.29, 1.82) is 0 Å². The van der Waals surface area contributed by atoms with E-state index in [1.54, 1.807) is 30.3 Å². The second kappa shape index (κ2) is 10.4. The van der Waals surface area contributed by atoms with Crippen LogP contribution in [0.4, 0.5) is 4.39 Å². The third kappa shape index (κ3) is 5.37. The van der Waals surface area contributed by atoms with Crippen LogP contribution in [0, 0.1) is 5.82 Å². The van der Waals surface area contributed by atoms with Gasteiger partial charge in [0.2, 0.25) is 0 Å². The number of esters is 1. The van der Waals surface area contributed by atoms with E-state index in [1.807, 2.05) is 13.8 Å². The number of aliphatic hydroxyl groups is 1. The van der Waals surface area contributed by atoms with Gasteiger partial charge in [-0.2, -0.15) is 5.10 Å². The fourth-order valence-electron chi connectivity index (χ4n) is 3.76. The van der Waals surface area contributed by atoms with E-state index in [-0.39, 0.29) is 18.0 Å². The highest BCUT2D eigenvalue weighted by atomic mass is 19.1. The number of aliphatic carboxylic acids is 1. The number of carboxylic acids is 1. The molecule has 2 N–H and O–H groups in total. The first-order valence-corrected chi connectivity index (χ1v) is 10.6. The summed E-state index contributed by atoms with van der Waals surface area (Å²) < 4.78 is 19.9. The van der Waals surface area contributed by atoms with E-state index >= 15 is 0 Å². The number of rotatable bonds is 9. The topological polar surface area (TPSA) is 118 Å². The Labute approximate surface area is 195 Å². The minimum Gasteiger partial charge on any atom is -0.481 e. The average molecular weight is 468 g/mol. The highest BCUT2D eigenvalue weighted by Crippen LogP contribution is 2.34. The number of benzene rings is 1. The molecule has 0 saturated carbocycles. The molecule has 0 fully saturated rings. The summed E-state index contributed by atoms with van der Waals surface area (Å²) >= 11 is 0. The van der Waals surface area contributed by atoms with Crippen molar-refractivity contribution in [1.82, 2.24) is 9.61 Å². The number of aliphatic hydroxyl groups excluding tert-OH is 1. The van der Waals surface area contributed by atoms with Gasteiger partial charge >= 0.3 is 11.9 Å². The highest BCUT2D eigenvalue weighted by Gasteiger charge is 2.22. The summed E-state index contributed by atoms with van der Waals surface area (Å²) in [5.74, 6) is -2.89. The number of carboxylic acid groups (broad SMARTS) is 1. The summed E-state index contributed by atoms with van der Waals surface area (Å²) in [6, 6.07) is 9.03. The molecular weight excluding hydrogens is 443 g/mol. The van der Waals surface area contributed by atoms with Crippen LogP contribution in [0.15, 0.2) is 42.5 Å². The standard InChI is InChI=1S/C25H25FN2O6/c1-14(2)23-19(9-8-17(29)12-18(30)13-22(31)32)24(15-4-6-16(26)7-5-15)27-28-20(23)10-11-21(28)25(33)34-3/h4-11,14,17,29H,12-13H2,1-3H3,(H,31,32). The van der Waals surface area contributed by atoms with Gasteiger partial charge in [0.15, 0.2) is 5.69 Å². The Morgan fingerprint density at radius 3 is 2.41 bits per heavy atom. The molecule has 0 aliphatic carbocycles.